The zero-order valence-corrected chi connectivity index (χ0v) is 12.9. The molecule has 2 aromatic rings. The molecule has 0 spiro atoms. The fourth-order valence-electron chi connectivity index (χ4n) is 1.47. The molecule has 0 radical (unpaired) electrons. The van der Waals surface area contributed by atoms with Crippen LogP contribution in [0.25, 0.3) is 0 Å². The van der Waals surface area contributed by atoms with Crippen LogP contribution in [0.4, 0.5) is 5.69 Å². The zero-order chi connectivity index (χ0) is 14.8. The molecule has 8 heteroatoms. The van der Waals surface area contributed by atoms with Gasteiger partial charge in [-0.3, -0.25) is 4.79 Å². The van der Waals surface area contributed by atoms with Gasteiger partial charge in [0.1, 0.15) is 4.21 Å². The van der Waals surface area contributed by atoms with Gasteiger partial charge in [0.15, 0.2) is 0 Å². The van der Waals surface area contributed by atoms with Crippen molar-refractivity contribution in [2.45, 2.75) is 20.2 Å². The Morgan fingerprint density at radius 2 is 2.05 bits per heavy atom. The highest BCUT2D eigenvalue weighted by Crippen LogP contribution is 2.35. The van der Waals surface area contributed by atoms with Crippen LogP contribution in [0.15, 0.2) is 49.7 Å². The van der Waals surface area contributed by atoms with Gasteiger partial charge in [-0.15, -0.1) is 11.3 Å². The number of hydrogen-bond donors (Lipinski definition) is 2. The van der Waals surface area contributed by atoms with Crippen LogP contribution in [0.1, 0.15) is 6.92 Å². The minimum atomic E-state index is -3.65. The number of hydrogen-bond acceptors (Lipinski definition) is 5. The molecule has 2 rings (SSSR count). The number of primary sulfonamides is 1. The number of benzene rings is 1. The van der Waals surface area contributed by atoms with E-state index in [4.69, 9.17) is 5.14 Å². The SMILES string of the molecule is CC(=O)Nc1cccc(Sc2ccc(S(N)(=O)=O)s2)c1. The van der Waals surface area contributed by atoms with E-state index >= 15 is 0 Å². The lowest BCUT2D eigenvalue weighted by Gasteiger charge is -2.04. The first-order valence-electron chi connectivity index (χ1n) is 5.53. The van der Waals surface area contributed by atoms with Gasteiger partial charge < -0.3 is 5.32 Å². The minimum absolute atomic E-state index is 0.137. The van der Waals surface area contributed by atoms with Crippen LogP contribution in [-0.2, 0) is 14.8 Å². The van der Waals surface area contributed by atoms with E-state index in [0.29, 0.717) is 5.69 Å². The van der Waals surface area contributed by atoms with E-state index in [0.717, 1.165) is 20.4 Å². The predicted molar refractivity (Wildman–Crippen MR) is 80.6 cm³/mol. The first-order chi connectivity index (χ1) is 9.34. The summed E-state index contributed by atoms with van der Waals surface area (Å²) in [4.78, 5) is 11.9. The first kappa shape index (κ1) is 15.0. The molecule has 0 aliphatic heterocycles. The Hall–Kier alpha value is -1.35. The van der Waals surface area contributed by atoms with E-state index in [1.54, 1.807) is 12.1 Å². The molecule has 0 saturated heterocycles. The maximum atomic E-state index is 11.2. The number of thiophene rings is 1. The minimum Gasteiger partial charge on any atom is -0.326 e. The van der Waals surface area contributed by atoms with Crippen LogP contribution in [0.2, 0.25) is 0 Å². The average molecular weight is 328 g/mol. The summed E-state index contributed by atoms with van der Waals surface area (Å²) < 4.78 is 23.4. The number of sulfonamides is 1. The van der Waals surface area contributed by atoms with Crippen molar-refractivity contribution in [3.05, 3.63) is 36.4 Å². The molecule has 106 valence electrons. The summed E-state index contributed by atoms with van der Waals surface area (Å²) in [6, 6.07) is 10.5. The van der Waals surface area contributed by atoms with Gasteiger partial charge in [-0.1, -0.05) is 17.8 Å². The van der Waals surface area contributed by atoms with E-state index < -0.39 is 10.0 Å². The second kappa shape index (κ2) is 5.96. The summed E-state index contributed by atoms with van der Waals surface area (Å²) in [5.41, 5.74) is 0.700. The van der Waals surface area contributed by atoms with Gasteiger partial charge in [0.05, 0.1) is 4.21 Å². The van der Waals surface area contributed by atoms with Crippen molar-refractivity contribution in [1.29, 1.82) is 0 Å². The Labute approximate surface area is 125 Å². The van der Waals surface area contributed by atoms with Crippen LogP contribution in [0.3, 0.4) is 0 Å². The summed E-state index contributed by atoms with van der Waals surface area (Å²) in [5, 5.41) is 7.76. The molecule has 0 unspecified atom stereocenters. The quantitative estimate of drug-likeness (QED) is 0.902. The normalized spacial score (nSPS) is 11.3. The van der Waals surface area contributed by atoms with Crippen LogP contribution >= 0.6 is 23.1 Å². The van der Waals surface area contributed by atoms with E-state index in [1.807, 2.05) is 18.2 Å². The van der Waals surface area contributed by atoms with Crippen molar-refractivity contribution in [1.82, 2.24) is 0 Å². The van der Waals surface area contributed by atoms with E-state index in [9.17, 15) is 13.2 Å². The molecule has 0 saturated carbocycles. The van der Waals surface area contributed by atoms with Crippen molar-refractivity contribution in [3.8, 4) is 0 Å². The van der Waals surface area contributed by atoms with Crippen molar-refractivity contribution >= 4 is 44.7 Å². The highest BCUT2D eigenvalue weighted by atomic mass is 32.3. The molecule has 1 aromatic carbocycles. The van der Waals surface area contributed by atoms with Gasteiger partial charge in [0.25, 0.3) is 0 Å². The van der Waals surface area contributed by atoms with Gasteiger partial charge in [-0.2, -0.15) is 0 Å². The molecule has 1 aromatic heterocycles. The lowest BCUT2D eigenvalue weighted by molar-refractivity contribution is -0.114. The third-order valence-electron chi connectivity index (χ3n) is 2.21. The fourth-order valence-corrected chi connectivity index (χ4v) is 4.51. The molecule has 3 N–H and O–H groups in total. The van der Waals surface area contributed by atoms with Crippen LogP contribution < -0.4 is 10.5 Å². The second-order valence-electron chi connectivity index (χ2n) is 3.93. The van der Waals surface area contributed by atoms with Gasteiger partial charge >= 0.3 is 0 Å². The predicted octanol–water partition coefficient (Wildman–Crippen LogP) is 2.51. The zero-order valence-electron chi connectivity index (χ0n) is 10.5. The van der Waals surface area contributed by atoms with Crippen LogP contribution in [0.5, 0.6) is 0 Å². The number of amides is 1. The monoisotopic (exact) mass is 328 g/mol. The standard InChI is InChI=1S/C12H12N2O3S3/c1-8(15)14-9-3-2-4-10(7-9)18-11-5-6-12(19-11)20(13,16)17/h2-7H,1H3,(H,14,15)(H2,13,16,17). The van der Waals surface area contributed by atoms with Crippen molar-refractivity contribution < 1.29 is 13.2 Å². The Bertz CT molecular complexity index is 738. The summed E-state index contributed by atoms with van der Waals surface area (Å²) in [6.45, 7) is 1.44. The van der Waals surface area contributed by atoms with Gasteiger partial charge in [0, 0.05) is 17.5 Å². The molecule has 0 aliphatic carbocycles. The fraction of sp³-hybridized carbons (Fsp3) is 0.0833. The first-order valence-corrected chi connectivity index (χ1v) is 8.71. The lowest BCUT2D eigenvalue weighted by Crippen LogP contribution is -2.09. The molecule has 0 bridgehead atoms. The van der Waals surface area contributed by atoms with E-state index in [-0.39, 0.29) is 10.1 Å². The smallest absolute Gasteiger partial charge is 0.247 e. The molecule has 0 fully saturated rings. The maximum absolute atomic E-state index is 11.2. The van der Waals surface area contributed by atoms with Gasteiger partial charge in [0.2, 0.25) is 15.9 Å². The maximum Gasteiger partial charge on any atom is 0.247 e. The van der Waals surface area contributed by atoms with E-state index in [1.165, 1.54) is 24.8 Å². The number of rotatable bonds is 4. The average Bonchev–Trinajstić information content (AvgIpc) is 2.76. The Morgan fingerprint density at radius 1 is 1.30 bits per heavy atom. The summed E-state index contributed by atoms with van der Waals surface area (Å²) >= 11 is 2.53. The van der Waals surface area contributed by atoms with Crippen LogP contribution in [0, 0.1) is 0 Å². The number of nitrogens with two attached hydrogens (primary N) is 1. The molecular formula is C12H12N2O3S3. The third-order valence-corrected chi connectivity index (χ3v) is 5.86. The Morgan fingerprint density at radius 3 is 2.65 bits per heavy atom. The van der Waals surface area contributed by atoms with Gasteiger partial charge in [-0.25, -0.2) is 13.6 Å². The summed E-state index contributed by atoms with van der Waals surface area (Å²) in [7, 11) is -3.65. The van der Waals surface area contributed by atoms with Crippen molar-refractivity contribution in [3.63, 3.8) is 0 Å². The van der Waals surface area contributed by atoms with Crippen molar-refractivity contribution in [2.75, 3.05) is 5.32 Å². The molecule has 5 nitrogen and oxygen atoms in total. The molecule has 1 amide bonds. The van der Waals surface area contributed by atoms with E-state index in [2.05, 4.69) is 5.32 Å². The number of carbonyl (C=O) groups is 1. The Balaban J connectivity index is 2.18. The highest BCUT2D eigenvalue weighted by Gasteiger charge is 2.12. The summed E-state index contributed by atoms with van der Waals surface area (Å²) in [5.74, 6) is -0.139. The number of anilines is 1. The summed E-state index contributed by atoms with van der Waals surface area (Å²) in [6.07, 6.45) is 0. The molecule has 1 heterocycles. The van der Waals surface area contributed by atoms with Crippen LogP contribution in [-0.4, -0.2) is 14.3 Å². The van der Waals surface area contributed by atoms with Gasteiger partial charge in [-0.05, 0) is 30.3 Å². The van der Waals surface area contributed by atoms with Crippen molar-refractivity contribution in [2.24, 2.45) is 5.14 Å². The topological polar surface area (TPSA) is 89.3 Å². The Kier molecular flexibility index (Phi) is 4.48. The second-order valence-corrected chi connectivity index (χ2v) is 8.18. The molecular weight excluding hydrogens is 316 g/mol. The molecule has 20 heavy (non-hydrogen) atoms. The molecule has 0 atom stereocenters. The highest BCUT2D eigenvalue weighted by molar-refractivity contribution is 8.01. The molecule has 0 aliphatic rings. The number of carbonyl (C=O) groups excluding carboxylic acids is 1. The lowest BCUT2D eigenvalue weighted by atomic mass is 10.3. The number of nitrogens with one attached hydrogen (secondary N) is 1. The largest absolute Gasteiger partial charge is 0.326 e. The third kappa shape index (κ3) is 4.07.